The van der Waals surface area contributed by atoms with Gasteiger partial charge in [-0.3, -0.25) is 0 Å². The first kappa shape index (κ1) is 10.9. The molecule has 2 aromatic heterocycles. The number of rotatable bonds is 4. The van der Waals surface area contributed by atoms with E-state index < -0.39 is 5.97 Å². The molecule has 0 aliphatic heterocycles. The standard InChI is InChI=1S/C11H10O4S/c1-16-10-3-2-9(15-10)11(12)14-7-8-4-5-13-6-8/h2-6H,7H2,1H3. The van der Waals surface area contributed by atoms with Crippen LogP contribution in [0, 0.1) is 0 Å². The summed E-state index contributed by atoms with van der Waals surface area (Å²) in [6.07, 6.45) is 4.93. The van der Waals surface area contributed by atoms with Crippen LogP contribution in [0.3, 0.4) is 0 Å². The molecule has 0 aliphatic carbocycles. The van der Waals surface area contributed by atoms with E-state index in [0.717, 1.165) is 5.56 Å². The Kier molecular flexibility index (Phi) is 3.36. The fraction of sp³-hybridized carbons (Fsp3) is 0.182. The normalized spacial score (nSPS) is 10.3. The monoisotopic (exact) mass is 238 g/mol. The van der Waals surface area contributed by atoms with E-state index in [-0.39, 0.29) is 12.4 Å². The lowest BCUT2D eigenvalue weighted by atomic mass is 10.4. The molecule has 0 bridgehead atoms. The molecule has 0 N–H and O–H groups in total. The molecule has 0 fully saturated rings. The Hall–Kier alpha value is -1.62. The molecule has 0 unspecified atom stereocenters. The second-order valence-electron chi connectivity index (χ2n) is 3.03. The lowest BCUT2D eigenvalue weighted by molar-refractivity contribution is 0.0430. The predicted molar refractivity (Wildman–Crippen MR) is 58.3 cm³/mol. The molecule has 5 heteroatoms. The van der Waals surface area contributed by atoms with Crippen LogP contribution in [-0.2, 0) is 11.3 Å². The highest BCUT2D eigenvalue weighted by Crippen LogP contribution is 2.18. The van der Waals surface area contributed by atoms with Crippen molar-refractivity contribution < 1.29 is 18.4 Å². The number of esters is 1. The minimum Gasteiger partial charge on any atom is -0.472 e. The highest BCUT2D eigenvalue weighted by molar-refractivity contribution is 7.98. The number of ether oxygens (including phenoxy) is 1. The van der Waals surface area contributed by atoms with Crippen molar-refractivity contribution in [2.24, 2.45) is 0 Å². The molecule has 0 saturated heterocycles. The van der Waals surface area contributed by atoms with Gasteiger partial charge in [0, 0.05) is 5.56 Å². The third-order valence-electron chi connectivity index (χ3n) is 1.93. The van der Waals surface area contributed by atoms with Gasteiger partial charge in [-0.15, -0.1) is 0 Å². The molecule has 0 spiro atoms. The molecule has 84 valence electrons. The molecule has 0 amide bonds. The minimum absolute atomic E-state index is 0.185. The van der Waals surface area contributed by atoms with E-state index in [0.29, 0.717) is 5.09 Å². The lowest BCUT2D eigenvalue weighted by Crippen LogP contribution is -2.03. The van der Waals surface area contributed by atoms with Gasteiger partial charge >= 0.3 is 5.97 Å². The zero-order valence-corrected chi connectivity index (χ0v) is 9.45. The van der Waals surface area contributed by atoms with Crippen molar-refractivity contribution >= 4 is 17.7 Å². The summed E-state index contributed by atoms with van der Waals surface area (Å²) in [6, 6.07) is 5.07. The van der Waals surface area contributed by atoms with Crippen LogP contribution in [-0.4, -0.2) is 12.2 Å². The molecular formula is C11H10O4S. The SMILES string of the molecule is CSc1ccc(C(=O)OCc2ccoc2)o1. The van der Waals surface area contributed by atoms with Gasteiger partial charge in [0.25, 0.3) is 0 Å². The van der Waals surface area contributed by atoms with E-state index >= 15 is 0 Å². The second-order valence-corrected chi connectivity index (χ2v) is 3.84. The molecular weight excluding hydrogens is 228 g/mol. The van der Waals surface area contributed by atoms with Crippen molar-refractivity contribution in [3.05, 3.63) is 42.0 Å². The quantitative estimate of drug-likeness (QED) is 0.605. The zero-order chi connectivity index (χ0) is 11.4. The number of carbonyl (C=O) groups excluding carboxylic acids is 1. The Morgan fingerprint density at radius 2 is 2.31 bits per heavy atom. The van der Waals surface area contributed by atoms with Gasteiger partial charge in [-0.05, 0) is 24.5 Å². The van der Waals surface area contributed by atoms with Gasteiger partial charge in [0.1, 0.15) is 6.61 Å². The number of hydrogen-bond acceptors (Lipinski definition) is 5. The van der Waals surface area contributed by atoms with Crippen LogP contribution >= 0.6 is 11.8 Å². The molecule has 0 aliphatic rings. The molecule has 0 aromatic carbocycles. The Morgan fingerprint density at radius 3 is 2.94 bits per heavy atom. The molecule has 4 nitrogen and oxygen atoms in total. The molecule has 2 heterocycles. The number of furan rings is 2. The maximum absolute atomic E-state index is 11.5. The molecule has 0 atom stereocenters. The van der Waals surface area contributed by atoms with Gasteiger partial charge in [0.2, 0.25) is 5.76 Å². The molecule has 0 radical (unpaired) electrons. The summed E-state index contributed by atoms with van der Waals surface area (Å²) in [5, 5.41) is 0.690. The van der Waals surface area contributed by atoms with Crippen molar-refractivity contribution in [1.29, 1.82) is 0 Å². The van der Waals surface area contributed by atoms with Crippen molar-refractivity contribution in [3.8, 4) is 0 Å². The zero-order valence-electron chi connectivity index (χ0n) is 8.64. The predicted octanol–water partition coefficient (Wildman–Crippen LogP) is 2.95. The van der Waals surface area contributed by atoms with Gasteiger partial charge in [0.15, 0.2) is 5.09 Å². The van der Waals surface area contributed by atoms with Gasteiger partial charge in [-0.2, -0.15) is 0 Å². The average Bonchev–Trinajstić information content (AvgIpc) is 2.96. The summed E-state index contributed by atoms with van der Waals surface area (Å²) in [4.78, 5) is 11.5. The number of thioether (sulfide) groups is 1. The van der Waals surface area contributed by atoms with E-state index in [1.54, 1.807) is 18.2 Å². The van der Waals surface area contributed by atoms with E-state index in [2.05, 4.69) is 0 Å². The van der Waals surface area contributed by atoms with E-state index in [1.165, 1.54) is 24.3 Å². The Labute approximate surface area is 96.6 Å². The van der Waals surface area contributed by atoms with Gasteiger partial charge in [-0.1, -0.05) is 11.8 Å². The van der Waals surface area contributed by atoms with Gasteiger partial charge in [-0.25, -0.2) is 4.79 Å². The van der Waals surface area contributed by atoms with Crippen molar-refractivity contribution in [2.75, 3.05) is 6.26 Å². The fourth-order valence-electron chi connectivity index (χ4n) is 1.13. The van der Waals surface area contributed by atoms with Crippen LogP contribution in [0.4, 0.5) is 0 Å². The molecule has 2 aromatic rings. The summed E-state index contributed by atoms with van der Waals surface area (Å²) in [5.41, 5.74) is 0.810. The van der Waals surface area contributed by atoms with Crippen molar-refractivity contribution in [3.63, 3.8) is 0 Å². The Balaban J connectivity index is 1.93. The van der Waals surface area contributed by atoms with Crippen molar-refractivity contribution in [2.45, 2.75) is 11.7 Å². The van der Waals surface area contributed by atoms with Gasteiger partial charge < -0.3 is 13.6 Å². The van der Waals surface area contributed by atoms with Crippen LogP contribution < -0.4 is 0 Å². The van der Waals surface area contributed by atoms with Gasteiger partial charge in [0.05, 0.1) is 12.5 Å². The second kappa shape index (κ2) is 4.94. The van der Waals surface area contributed by atoms with Crippen LogP contribution in [0.5, 0.6) is 0 Å². The molecule has 2 rings (SSSR count). The lowest BCUT2D eigenvalue weighted by Gasteiger charge is -1.99. The minimum atomic E-state index is -0.471. The summed E-state index contributed by atoms with van der Waals surface area (Å²) in [5.74, 6) is -0.255. The highest BCUT2D eigenvalue weighted by Gasteiger charge is 2.12. The first-order valence-electron chi connectivity index (χ1n) is 4.61. The maximum atomic E-state index is 11.5. The van der Waals surface area contributed by atoms with E-state index in [9.17, 15) is 4.79 Å². The van der Waals surface area contributed by atoms with Crippen LogP contribution in [0.15, 0.2) is 44.7 Å². The summed E-state index contributed by atoms with van der Waals surface area (Å²) >= 11 is 1.43. The summed E-state index contributed by atoms with van der Waals surface area (Å²) < 4.78 is 15.1. The summed E-state index contributed by atoms with van der Waals surface area (Å²) in [7, 11) is 0. The first-order valence-corrected chi connectivity index (χ1v) is 5.84. The highest BCUT2D eigenvalue weighted by atomic mass is 32.2. The van der Waals surface area contributed by atoms with E-state index in [4.69, 9.17) is 13.6 Å². The van der Waals surface area contributed by atoms with Crippen LogP contribution in [0.25, 0.3) is 0 Å². The number of carbonyl (C=O) groups is 1. The average molecular weight is 238 g/mol. The summed E-state index contributed by atoms with van der Waals surface area (Å²) in [6.45, 7) is 0.185. The smallest absolute Gasteiger partial charge is 0.374 e. The van der Waals surface area contributed by atoms with Crippen molar-refractivity contribution in [1.82, 2.24) is 0 Å². The number of hydrogen-bond donors (Lipinski definition) is 0. The first-order chi connectivity index (χ1) is 7.79. The Morgan fingerprint density at radius 1 is 1.44 bits per heavy atom. The third-order valence-corrected chi connectivity index (χ3v) is 2.56. The molecule has 16 heavy (non-hydrogen) atoms. The topological polar surface area (TPSA) is 52.6 Å². The van der Waals surface area contributed by atoms with Crippen LogP contribution in [0.2, 0.25) is 0 Å². The van der Waals surface area contributed by atoms with E-state index in [1.807, 2.05) is 6.26 Å². The third kappa shape index (κ3) is 2.49. The largest absolute Gasteiger partial charge is 0.472 e. The maximum Gasteiger partial charge on any atom is 0.374 e. The Bertz CT molecular complexity index is 458. The van der Waals surface area contributed by atoms with Crippen LogP contribution in [0.1, 0.15) is 16.1 Å². The molecule has 0 saturated carbocycles. The fourth-order valence-corrected chi connectivity index (χ4v) is 1.51.